The van der Waals surface area contributed by atoms with Crippen molar-refractivity contribution < 1.29 is 8.78 Å². The predicted octanol–water partition coefficient (Wildman–Crippen LogP) is 5.00. The highest BCUT2D eigenvalue weighted by Crippen LogP contribution is 2.29. The highest BCUT2D eigenvalue weighted by atomic mass is 19.1. The van der Waals surface area contributed by atoms with Crippen LogP contribution >= 0.6 is 0 Å². The van der Waals surface area contributed by atoms with Crippen LogP contribution < -0.4 is 5.32 Å². The van der Waals surface area contributed by atoms with E-state index in [0.717, 1.165) is 34.3 Å². The molecule has 0 aliphatic heterocycles. The maximum Gasteiger partial charge on any atom is 0.131 e. The van der Waals surface area contributed by atoms with E-state index in [4.69, 9.17) is 0 Å². The summed E-state index contributed by atoms with van der Waals surface area (Å²) in [6, 6.07) is 11.7. The Morgan fingerprint density at radius 2 is 1.65 bits per heavy atom. The Balaban J connectivity index is 2.05. The zero-order valence-corrected chi connectivity index (χ0v) is 13.2. The van der Waals surface area contributed by atoms with Crippen molar-refractivity contribution in [3.8, 4) is 0 Å². The highest BCUT2D eigenvalue weighted by molar-refractivity contribution is 5.93. The number of halogens is 2. The quantitative estimate of drug-likeness (QED) is 0.733. The fraction of sp³-hybridized carbons (Fsp3) is 0.211. The first kappa shape index (κ1) is 15.4. The van der Waals surface area contributed by atoms with Crippen molar-refractivity contribution in [3.05, 3.63) is 70.9 Å². The minimum Gasteiger partial charge on any atom is -0.380 e. The molecule has 2 nitrogen and oxygen atoms in total. The van der Waals surface area contributed by atoms with Gasteiger partial charge in [-0.15, -0.1) is 0 Å². The van der Waals surface area contributed by atoms with Crippen LogP contribution in [0.4, 0.5) is 14.5 Å². The maximum absolute atomic E-state index is 13.8. The van der Waals surface area contributed by atoms with E-state index < -0.39 is 11.6 Å². The summed E-state index contributed by atoms with van der Waals surface area (Å²) in [5, 5.41) is 4.19. The molecule has 4 heteroatoms. The van der Waals surface area contributed by atoms with Crippen LogP contribution in [0.1, 0.15) is 23.7 Å². The number of hydrogen-bond donors (Lipinski definition) is 1. The standard InChI is InChI=1S/C19H18F2N2/c1-3-13-12(2)23-18-10-5-4-7-14(18)19(13)22-11-15-16(20)8-6-9-17(15)21/h4-10H,3,11H2,1-2H3,(H,22,23). The number of nitrogens with zero attached hydrogens (tertiary/aromatic N) is 1. The van der Waals surface area contributed by atoms with Crippen molar-refractivity contribution in [1.29, 1.82) is 0 Å². The van der Waals surface area contributed by atoms with E-state index in [-0.39, 0.29) is 12.1 Å². The molecule has 0 amide bonds. The smallest absolute Gasteiger partial charge is 0.131 e. The number of aromatic nitrogens is 1. The van der Waals surface area contributed by atoms with E-state index in [0.29, 0.717) is 0 Å². The summed E-state index contributed by atoms with van der Waals surface area (Å²) in [7, 11) is 0. The average Bonchev–Trinajstić information content (AvgIpc) is 2.54. The van der Waals surface area contributed by atoms with Gasteiger partial charge < -0.3 is 5.32 Å². The molecule has 0 radical (unpaired) electrons. The molecule has 0 unspecified atom stereocenters. The number of hydrogen-bond acceptors (Lipinski definition) is 2. The molecule has 0 spiro atoms. The molecule has 0 fully saturated rings. The molecule has 0 saturated heterocycles. The van der Waals surface area contributed by atoms with Gasteiger partial charge in [-0.1, -0.05) is 31.2 Å². The van der Waals surface area contributed by atoms with Gasteiger partial charge >= 0.3 is 0 Å². The van der Waals surface area contributed by atoms with Crippen LogP contribution in [-0.4, -0.2) is 4.98 Å². The van der Waals surface area contributed by atoms with Gasteiger partial charge in [0, 0.05) is 28.9 Å². The zero-order valence-electron chi connectivity index (χ0n) is 13.2. The van der Waals surface area contributed by atoms with Crippen molar-refractivity contribution in [1.82, 2.24) is 4.98 Å². The van der Waals surface area contributed by atoms with E-state index >= 15 is 0 Å². The Labute approximate surface area is 134 Å². The summed E-state index contributed by atoms with van der Waals surface area (Å²) in [6.07, 6.45) is 0.797. The summed E-state index contributed by atoms with van der Waals surface area (Å²) in [5.74, 6) is -1.07. The second kappa shape index (κ2) is 6.32. The van der Waals surface area contributed by atoms with Crippen molar-refractivity contribution in [2.75, 3.05) is 5.32 Å². The molecule has 0 aliphatic carbocycles. The summed E-state index contributed by atoms with van der Waals surface area (Å²) in [6.45, 7) is 4.10. The van der Waals surface area contributed by atoms with Crippen molar-refractivity contribution in [2.45, 2.75) is 26.8 Å². The van der Waals surface area contributed by atoms with Gasteiger partial charge in [0.2, 0.25) is 0 Å². The van der Waals surface area contributed by atoms with Crippen LogP contribution in [0.15, 0.2) is 42.5 Å². The Morgan fingerprint density at radius 3 is 2.35 bits per heavy atom. The molecular weight excluding hydrogens is 294 g/mol. The monoisotopic (exact) mass is 312 g/mol. The first-order valence-electron chi connectivity index (χ1n) is 7.66. The van der Waals surface area contributed by atoms with Crippen molar-refractivity contribution in [2.24, 2.45) is 0 Å². The SMILES string of the molecule is CCc1c(C)nc2ccccc2c1NCc1c(F)cccc1F. The van der Waals surface area contributed by atoms with Gasteiger partial charge in [-0.05, 0) is 37.1 Å². The molecule has 1 N–H and O–H groups in total. The molecule has 23 heavy (non-hydrogen) atoms. The molecule has 0 bridgehead atoms. The van der Waals surface area contributed by atoms with Gasteiger partial charge in [0.25, 0.3) is 0 Å². The number of fused-ring (bicyclic) bond motifs is 1. The molecular formula is C19H18F2N2. The van der Waals surface area contributed by atoms with Crippen LogP contribution in [-0.2, 0) is 13.0 Å². The largest absolute Gasteiger partial charge is 0.380 e. The lowest BCUT2D eigenvalue weighted by molar-refractivity contribution is 0.560. The van der Waals surface area contributed by atoms with E-state index in [2.05, 4.69) is 10.3 Å². The van der Waals surface area contributed by atoms with Crippen LogP contribution in [0, 0.1) is 18.6 Å². The Bertz CT molecular complexity index is 839. The van der Waals surface area contributed by atoms with Gasteiger partial charge in [0.15, 0.2) is 0 Å². The lowest BCUT2D eigenvalue weighted by atomic mass is 10.0. The van der Waals surface area contributed by atoms with Gasteiger partial charge in [0.1, 0.15) is 11.6 Å². The van der Waals surface area contributed by atoms with E-state index in [1.54, 1.807) is 0 Å². The van der Waals surface area contributed by atoms with Gasteiger partial charge in [-0.3, -0.25) is 4.98 Å². The van der Waals surface area contributed by atoms with E-state index in [1.807, 2.05) is 38.1 Å². The molecule has 1 aromatic heterocycles. The fourth-order valence-electron chi connectivity index (χ4n) is 2.89. The number of pyridine rings is 1. The molecule has 0 aliphatic rings. The van der Waals surface area contributed by atoms with E-state index in [1.165, 1.54) is 18.2 Å². The molecule has 2 aromatic carbocycles. The Hall–Kier alpha value is -2.49. The predicted molar refractivity (Wildman–Crippen MR) is 89.5 cm³/mol. The molecule has 3 aromatic rings. The highest BCUT2D eigenvalue weighted by Gasteiger charge is 2.13. The normalized spacial score (nSPS) is 11.0. The third-order valence-corrected chi connectivity index (χ3v) is 4.06. The topological polar surface area (TPSA) is 24.9 Å². The number of benzene rings is 2. The Morgan fingerprint density at radius 1 is 0.957 bits per heavy atom. The first-order chi connectivity index (χ1) is 11.1. The lowest BCUT2D eigenvalue weighted by Crippen LogP contribution is -2.08. The molecule has 118 valence electrons. The molecule has 3 rings (SSSR count). The van der Waals surface area contributed by atoms with Crippen LogP contribution in [0.2, 0.25) is 0 Å². The van der Waals surface area contributed by atoms with Crippen LogP contribution in [0.5, 0.6) is 0 Å². The van der Waals surface area contributed by atoms with Crippen LogP contribution in [0.3, 0.4) is 0 Å². The zero-order chi connectivity index (χ0) is 16.4. The second-order valence-corrected chi connectivity index (χ2v) is 5.48. The molecule has 0 atom stereocenters. The third kappa shape index (κ3) is 2.89. The van der Waals surface area contributed by atoms with Gasteiger partial charge in [0.05, 0.1) is 5.52 Å². The average molecular weight is 312 g/mol. The van der Waals surface area contributed by atoms with Crippen molar-refractivity contribution in [3.63, 3.8) is 0 Å². The second-order valence-electron chi connectivity index (χ2n) is 5.48. The maximum atomic E-state index is 13.8. The third-order valence-electron chi connectivity index (χ3n) is 4.06. The Kier molecular flexibility index (Phi) is 4.24. The van der Waals surface area contributed by atoms with Gasteiger partial charge in [-0.2, -0.15) is 0 Å². The van der Waals surface area contributed by atoms with Crippen LogP contribution in [0.25, 0.3) is 10.9 Å². The number of nitrogens with one attached hydrogen (secondary N) is 1. The number of rotatable bonds is 4. The number of aryl methyl sites for hydroxylation is 1. The summed E-state index contributed by atoms with van der Waals surface area (Å²) in [4.78, 5) is 4.61. The summed E-state index contributed by atoms with van der Waals surface area (Å²) >= 11 is 0. The minimum atomic E-state index is -0.536. The summed E-state index contributed by atoms with van der Waals surface area (Å²) < 4.78 is 27.7. The summed E-state index contributed by atoms with van der Waals surface area (Å²) in [5.41, 5.74) is 3.83. The fourth-order valence-corrected chi connectivity index (χ4v) is 2.89. The van der Waals surface area contributed by atoms with Gasteiger partial charge in [-0.25, -0.2) is 8.78 Å². The van der Waals surface area contributed by atoms with E-state index in [9.17, 15) is 8.78 Å². The first-order valence-corrected chi connectivity index (χ1v) is 7.66. The van der Waals surface area contributed by atoms with Crippen molar-refractivity contribution >= 4 is 16.6 Å². The molecule has 1 heterocycles. The number of para-hydroxylation sites is 1. The lowest BCUT2D eigenvalue weighted by Gasteiger charge is -2.16. The molecule has 0 saturated carbocycles. The number of anilines is 1. The minimum absolute atomic E-state index is 0.0492.